The van der Waals surface area contributed by atoms with Crippen molar-refractivity contribution < 1.29 is 8.78 Å². The number of hydrogen-bond donors (Lipinski definition) is 0. The van der Waals surface area contributed by atoms with Crippen molar-refractivity contribution in [2.24, 2.45) is 11.8 Å². The minimum Gasteiger partial charge on any atom is -0.335 e. The first-order valence-electron chi connectivity index (χ1n) is 8.66. The smallest absolute Gasteiger partial charge is 0.149 e. The van der Waals surface area contributed by atoms with E-state index in [0.717, 1.165) is 23.7 Å². The zero-order valence-corrected chi connectivity index (χ0v) is 15.2. The Hall–Kier alpha value is -1.90. The topological polar surface area (TPSA) is 3.24 Å². The van der Waals surface area contributed by atoms with Gasteiger partial charge in [-0.3, -0.25) is 0 Å². The summed E-state index contributed by atoms with van der Waals surface area (Å²) in [6, 6.07) is 11.9. The SMILES string of the molecule is CCC(C(C)C(C)C)N(c1ccccc1C)c1ccc(F)cc1F. The van der Waals surface area contributed by atoms with Gasteiger partial charge >= 0.3 is 0 Å². The summed E-state index contributed by atoms with van der Waals surface area (Å²) >= 11 is 0. The van der Waals surface area contributed by atoms with Crippen LogP contribution in [0.15, 0.2) is 42.5 Å². The van der Waals surface area contributed by atoms with Crippen LogP contribution in [0.3, 0.4) is 0 Å². The summed E-state index contributed by atoms with van der Waals surface area (Å²) in [6.07, 6.45) is 0.879. The summed E-state index contributed by atoms with van der Waals surface area (Å²) in [7, 11) is 0. The quantitative estimate of drug-likeness (QED) is 0.585. The second-order valence-corrected chi connectivity index (χ2v) is 6.83. The van der Waals surface area contributed by atoms with E-state index < -0.39 is 11.6 Å². The lowest BCUT2D eigenvalue weighted by atomic mass is 9.87. The van der Waals surface area contributed by atoms with Gasteiger partial charge in [-0.05, 0) is 48.9 Å². The molecule has 3 heteroatoms. The van der Waals surface area contributed by atoms with E-state index in [1.54, 1.807) is 6.07 Å². The number of anilines is 2. The highest BCUT2D eigenvalue weighted by molar-refractivity contribution is 5.67. The average Bonchev–Trinajstić information content (AvgIpc) is 2.53. The molecule has 1 nitrogen and oxygen atoms in total. The number of nitrogens with zero attached hydrogens (tertiary/aromatic N) is 1. The largest absolute Gasteiger partial charge is 0.335 e. The van der Waals surface area contributed by atoms with Crippen LogP contribution in [-0.4, -0.2) is 6.04 Å². The molecule has 0 radical (unpaired) electrons. The third-order valence-electron chi connectivity index (χ3n) is 4.95. The third kappa shape index (κ3) is 3.77. The van der Waals surface area contributed by atoms with Crippen molar-refractivity contribution >= 4 is 11.4 Å². The van der Waals surface area contributed by atoms with Gasteiger partial charge in [0.25, 0.3) is 0 Å². The van der Waals surface area contributed by atoms with E-state index in [1.165, 1.54) is 6.07 Å². The minimum atomic E-state index is -0.550. The summed E-state index contributed by atoms with van der Waals surface area (Å²) in [5.74, 6) is -0.248. The summed E-state index contributed by atoms with van der Waals surface area (Å²) in [4.78, 5) is 2.05. The number of benzene rings is 2. The van der Waals surface area contributed by atoms with Gasteiger partial charge in [-0.25, -0.2) is 8.78 Å². The Morgan fingerprint density at radius 3 is 2.17 bits per heavy atom. The Kier molecular flexibility index (Phi) is 5.98. The third-order valence-corrected chi connectivity index (χ3v) is 4.95. The fourth-order valence-electron chi connectivity index (χ4n) is 3.23. The van der Waals surface area contributed by atoms with Gasteiger partial charge in [-0.2, -0.15) is 0 Å². The standard InChI is InChI=1S/C21H27F2N/c1-6-19(16(5)14(2)3)24(20-10-8-7-9-15(20)4)21-12-11-17(22)13-18(21)23/h7-14,16,19H,6H2,1-5H3. The molecule has 2 aromatic carbocycles. The Labute approximate surface area is 144 Å². The highest BCUT2D eigenvalue weighted by Gasteiger charge is 2.29. The molecule has 0 fully saturated rings. The zero-order chi connectivity index (χ0) is 17.9. The first-order valence-corrected chi connectivity index (χ1v) is 8.66. The summed E-state index contributed by atoms with van der Waals surface area (Å²) < 4.78 is 28.0. The van der Waals surface area contributed by atoms with E-state index in [-0.39, 0.29) is 6.04 Å². The average molecular weight is 331 g/mol. The van der Waals surface area contributed by atoms with Crippen LogP contribution in [0.5, 0.6) is 0 Å². The van der Waals surface area contributed by atoms with Crippen LogP contribution in [0, 0.1) is 30.4 Å². The first kappa shape index (κ1) is 18.4. The van der Waals surface area contributed by atoms with E-state index in [0.29, 0.717) is 17.5 Å². The van der Waals surface area contributed by atoms with Gasteiger partial charge in [0, 0.05) is 17.8 Å². The number of para-hydroxylation sites is 1. The maximum atomic E-state index is 14.6. The first-order chi connectivity index (χ1) is 11.4. The van der Waals surface area contributed by atoms with Gasteiger partial charge in [0.2, 0.25) is 0 Å². The molecule has 2 atom stereocenters. The normalized spacial score (nSPS) is 13.8. The van der Waals surface area contributed by atoms with Gasteiger partial charge in [-0.15, -0.1) is 0 Å². The van der Waals surface area contributed by atoms with Crippen molar-refractivity contribution in [1.82, 2.24) is 0 Å². The fourth-order valence-corrected chi connectivity index (χ4v) is 3.23. The molecule has 0 N–H and O–H groups in total. The van der Waals surface area contributed by atoms with Gasteiger partial charge in [-0.1, -0.05) is 45.9 Å². The molecule has 130 valence electrons. The molecule has 24 heavy (non-hydrogen) atoms. The Morgan fingerprint density at radius 1 is 0.958 bits per heavy atom. The van der Waals surface area contributed by atoms with Gasteiger partial charge in [0.15, 0.2) is 0 Å². The van der Waals surface area contributed by atoms with Crippen LogP contribution in [0.1, 0.15) is 39.7 Å². The Morgan fingerprint density at radius 2 is 1.62 bits per heavy atom. The molecule has 0 bridgehead atoms. The van der Waals surface area contributed by atoms with Crippen LogP contribution in [-0.2, 0) is 0 Å². The highest BCUT2D eigenvalue weighted by Crippen LogP contribution is 2.37. The lowest BCUT2D eigenvalue weighted by molar-refractivity contribution is 0.335. The van der Waals surface area contributed by atoms with Crippen molar-refractivity contribution in [2.45, 2.75) is 47.1 Å². The van der Waals surface area contributed by atoms with E-state index >= 15 is 0 Å². The maximum absolute atomic E-state index is 14.6. The molecule has 2 rings (SSSR count). The van der Waals surface area contributed by atoms with Crippen molar-refractivity contribution in [1.29, 1.82) is 0 Å². The van der Waals surface area contributed by atoms with E-state index in [2.05, 4.69) is 32.6 Å². The summed E-state index contributed by atoms with van der Waals surface area (Å²) in [5.41, 5.74) is 2.49. The molecule has 0 spiro atoms. The summed E-state index contributed by atoms with van der Waals surface area (Å²) in [6.45, 7) is 10.7. The zero-order valence-electron chi connectivity index (χ0n) is 15.2. The predicted octanol–water partition coefficient (Wildman–Crippen LogP) is 6.48. The Bertz CT molecular complexity index is 681. The number of hydrogen-bond acceptors (Lipinski definition) is 1. The van der Waals surface area contributed by atoms with Crippen molar-refractivity contribution in [2.75, 3.05) is 4.90 Å². The molecular weight excluding hydrogens is 304 g/mol. The highest BCUT2D eigenvalue weighted by atomic mass is 19.1. The van der Waals surface area contributed by atoms with Crippen molar-refractivity contribution in [3.63, 3.8) is 0 Å². The van der Waals surface area contributed by atoms with Gasteiger partial charge in [0.1, 0.15) is 11.6 Å². The van der Waals surface area contributed by atoms with Gasteiger partial charge < -0.3 is 4.90 Å². The lowest BCUT2D eigenvalue weighted by Gasteiger charge is -2.39. The fraction of sp³-hybridized carbons (Fsp3) is 0.429. The number of aryl methyl sites for hydroxylation is 1. The lowest BCUT2D eigenvalue weighted by Crippen LogP contribution is -2.39. The minimum absolute atomic E-state index is 0.131. The molecule has 0 aliphatic rings. The van der Waals surface area contributed by atoms with Crippen LogP contribution in [0.4, 0.5) is 20.2 Å². The molecule has 0 aliphatic carbocycles. The van der Waals surface area contributed by atoms with Crippen LogP contribution in [0.25, 0.3) is 0 Å². The van der Waals surface area contributed by atoms with Crippen LogP contribution < -0.4 is 4.90 Å². The van der Waals surface area contributed by atoms with Crippen LogP contribution >= 0.6 is 0 Å². The molecule has 0 saturated carbocycles. The molecule has 0 saturated heterocycles. The molecule has 0 heterocycles. The van der Waals surface area contributed by atoms with E-state index in [9.17, 15) is 8.78 Å². The Balaban J connectivity index is 2.63. The molecule has 0 aliphatic heterocycles. The molecule has 2 aromatic rings. The maximum Gasteiger partial charge on any atom is 0.149 e. The molecule has 0 aromatic heterocycles. The van der Waals surface area contributed by atoms with E-state index in [4.69, 9.17) is 0 Å². The molecule has 2 unspecified atom stereocenters. The van der Waals surface area contributed by atoms with Crippen molar-refractivity contribution in [3.05, 3.63) is 59.7 Å². The van der Waals surface area contributed by atoms with Crippen LogP contribution in [0.2, 0.25) is 0 Å². The van der Waals surface area contributed by atoms with E-state index in [1.807, 2.05) is 31.2 Å². The molecule has 0 amide bonds. The number of rotatable bonds is 6. The summed E-state index contributed by atoms with van der Waals surface area (Å²) in [5, 5.41) is 0. The monoisotopic (exact) mass is 331 g/mol. The van der Waals surface area contributed by atoms with Gasteiger partial charge in [0.05, 0.1) is 5.69 Å². The second kappa shape index (κ2) is 7.78. The predicted molar refractivity (Wildman–Crippen MR) is 97.8 cm³/mol. The second-order valence-electron chi connectivity index (χ2n) is 6.83. The number of halogens is 2. The molecular formula is C21H27F2N. The van der Waals surface area contributed by atoms with Crippen molar-refractivity contribution in [3.8, 4) is 0 Å².